The first-order valence-electron chi connectivity index (χ1n) is 10.5. The number of likely N-dealkylation sites (tertiary alicyclic amines) is 1. The summed E-state index contributed by atoms with van der Waals surface area (Å²) in [5.74, 6) is 2.81. The van der Waals surface area contributed by atoms with Crippen molar-refractivity contribution in [3.05, 3.63) is 35.9 Å². The molecule has 7 heteroatoms. The lowest BCUT2D eigenvalue weighted by Gasteiger charge is -2.32. The van der Waals surface area contributed by atoms with Crippen molar-refractivity contribution in [2.75, 3.05) is 39.0 Å². The number of hydrogen-bond acceptors (Lipinski definition) is 3. The lowest BCUT2D eigenvalue weighted by Crippen LogP contribution is -2.48. The van der Waals surface area contributed by atoms with Crippen molar-refractivity contribution in [2.45, 2.75) is 43.8 Å². The summed E-state index contributed by atoms with van der Waals surface area (Å²) in [5.41, 5.74) is 1.40. The minimum atomic E-state index is 0. The van der Waals surface area contributed by atoms with E-state index in [1.54, 1.807) is 7.05 Å². The van der Waals surface area contributed by atoms with Crippen molar-refractivity contribution in [3.8, 4) is 0 Å². The predicted octanol–water partition coefficient (Wildman–Crippen LogP) is 3.54. The van der Waals surface area contributed by atoms with E-state index in [0.717, 1.165) is 44.9 Å². The van der Waals surface area contributed by atoms with E-state index in [9.17, 15) is 4.79 Å². The van der Waals surface area contributed by atoms with Crippen molar-refractivity contribution < 1.29 is 4.79 Å². The average Bonchev–Trinajstić information content (AvgIpc) is 3.16. The second kappa shape index (κ2) is 12.0. The number of carbonyl (C=O) groups is 1. The fraction of sp³-hybridized carbons (Fsp3) is 0.636. The molecular formula is C22H35IN4OS. The standard InChI is InChI=1S/C22H34N4OS.HI/c1-22(11-6-14-28-22)17-25-21(23-2)24-16-20(27)26-12-9-19(10-13-26)15-18-7-4-3-5-8-18;/h3-5,7-8,19H,6,9-17H2,1-2H3,(H2,23,24,25);1H. The molecule has 2 saturated heterocycles. The Kier molecular flexibility index (Phi) is 10.1. The number of piperidine rings is 1. The number of nitrogens with one attached hydrogen (secondary N) is 2. The maximum Gasteiger partial charge on any atom is 0.241 e. The van der Waals surface area contributed by atoms with E-state index in [0.29, 0.717) is 12.5 Å². The summed E-state index contributed by atoms with van der Waals surface area (Å²) in [4.78, 5) is 18.8. The molecule has 1 aromatic carbocycles. The molecule has 0 saturated carbocycles. The number of benzene rings is 1. The van der Waals surface area contributed by atoms with Gasteiger partial charge in [0.15, 0.2) is 5.96 Å². The highest BCUT2D eigenvalue weighted by Gasteiger charge is 2.29. The number of hydrogen-bond donors (Lipinski definition) is 2. The van der Waals surface area contributed by atoms with Crippen LogP contribution >= 0.6 is 35.7 Å². The molecule has 2 heterocycles. The number of nitrogens with zero attached hydrogens (tertiary/aromatic N) is 2. The second-order valence-corrected chi connectivity index (χ2v) is 9.88. The van der Waals surface area contributed by atoms with Gasteiger partial charge in [-0.25, -0.2) is 0 Å². The summed E-state index contributed by atoms with van der Waals surface area (Å²) in [6.07, 6.45) is 5.81. The summed E-state index contributed by atoms with van der Waals surface area (Å²) in [6, 6.07) is 10.7. The molecule has 162 valence electrons. The van der Waals surface area contributed by atoms with Crippen LogP contribution in [0.5, 0.6) is 0 Å². The molecule has 1 amide bonds. The van der Waals surface area contributed by atoms with Crippen molar-refractivity contribution in [1.82, 2.24) is 15.5 Å². The van der Waals surface area contributed by atoms with Gasteiger partial charge in [0.25, 0.3) is 0 Å². The van der Waals surface area contributed by atoms with Gasteiger partial charge in [0.1, 0.15) is 0 Å². The van der Waals surface area contributed by atoms with Crippen LogP contribution in [0.4, 0.5) is 0 Å². The smallest absolute Gasteiger partial charge is 0.241 e. The Morgan fingerprint density at radius 1 is 1.24 bits per heavy atom. The third-order valence-electron chi connectivity index (χ3n) is 5.90. The van der Waals surface area contributed by atoms with Gasteiger partial charge in [0.2, 0.25) is 5.91 Å². The zero-order valence-electron chi connectivity index (χ0n) is 17.7. The van der Waals surface area contributed by atoms with Crippen LogP contribution in [0.3, 0.4) is 0 Å². The summed E-state index contributed by atoms with van der Waals surface area (Å²) in [7, 11) is 1.76. The van der Waals surface area contributed by atoms with Crippen LogP contribution in [0.15, 0.2) is 35.3 Å². The van der Waals surface area contributed by atoms with Gasteiger partial charge in [0.05, 0.1) is 6.54 Å². The Balaban J connectivity index is 0.00000300. The van der Waals surface area contributed by atoms with Crippen molar-refractivity contribution in [1.29, 1.82) is 0 Å². The van der Waals surface area contributed by atoms with E-state index in [1.807, 2.05) is 16.7 Å². The predicted molar refractivity (Wildman–Crippen MR) is 134 cm³/mol. The maximum absolute atomic E-state index is 12.6. The molecule has 0 bridgehead atoms. The van der Waals surface area contributed by atoms with Gasteiger partial charge in [-0.15, -0.1) is 24.0 Å². The highest BCUT2D eigenvalue weighted by molar-refractivity contribution is 14.0. The van der Waals surface area contributed by atoms with Crippen LogP contribution in [-0.2, 0) is 11.2 Å². The Bertz CT molecular complexity index is 656. The minimum absolute atomic E-state index is 0. The van der Waals surface area contributed by atoms with E-state index in [4.69, 9.17) is 0 Å². The van der Waals surface area contributed by atoms with Gasteiger partial charge in [-0.05, 0) is 56.3 Å². The Morgan fingerprint density at radius 2 is 1.97 bits per heavy atom. The van der Waals surface area contributed by atoms with Crippen molar-refractivity contribution in [2.24, 2.45) is 10.9 Å². The lowest BCUT2D eigenvalue weighted by atomic mass is 9.90. The molecule has 29 heavy (non-hydrogen) atoms. The van der Waals surface area contributed by atoms with E-state index < -0.39 is 0 Å². The maximum atomic E-state index is 12.6. The number of thioether (sulfide) groups is 1. The number of carbonyl (C=O) groups excluding carboxylic acids is 1. The van der Waals surface area contributed by atoms with Gasteiger partial charge < -0.3 is 15.5 Å². The molecule has 3 rings (SSSR count). The summed E-state index contributed by atoms with van der Waals surface area (Å²) in [5, 5.41) is 6.59. The fourth-order valence-electron chi connectivity index (χ4n) is 4.07. The van der Waals surface area contributed by atoms with Gasteiger partial charge >= 0.3 is 0 Å². The molecule has 2 fully saturated rings. The SMILES string of the molecule is CN=C(NCC(=O)N1CCC(Cc2ccccc2)CC1)NCC1(C)CCCS1.I. The van der Waals surface area contributed by atoms with E-state index in [2.05, 4.69) is 52.9 Å². The number of amides is 1. The van der Waals surface area contributed by atoms with Gasteiger partial charge in [0, 0.05) is 31.4 Å². The molecule has 2 aliphatic heterocycles. The number of aliphatic imine (C=N–C) groups is 1. The number of guanidine groups is 1. The number of halogens is 1. The topological polar surface area (TPSA) is 56.7 Å². The first kappa shape index (κ1) is 24.3. The second-order valence-electron chi connectivity index (χ2n) is 8.20. The molecule has 1 aromatic rings. The Hall–Kier alpha value is -0.960. The van der Waals surface area contributed by atoms with Gasteiger partial charge in [-0.1, -0.05) is 30.3 Å². The largest absolute Gasteiger partial charge is 0.355 e. The third-order valence-corrected chi connectivity index (χ3v) is 7.43. The summed E-state index contributed by atoms with van der Waals surface area (Å²) < 4.78 is 0.280. The average molecular weight is 531 g/mol. The molecule has 0 radical (unpaired) electrons. The Labute approximate surface area is 196 Å². The quantitative estimate of drug-likeness (QED) is 0.336. The fourth-order valence-corrected chi connectivity index (χ4v) is 5.32. The monoisotopic (exact) mass is 530 g/mol. The van der Waals surface area contributed by atoms with Gasteiger partial charge in [-0.2, -0.15) is 11.8 Å². The third kappa shape index (κ3) is 7.66. The number of rotatable bonds is 6. The molecule has 0 aliphatic carbocycles. The molecule has 2 aliphatic rings. The molecule has 5 nitrogen and oxygen atoms in total. The first-order valence-corrected chi connectivity index (χ1v) is 11.5. The first-order chi connectivity index (χ1) is 13.6. The zero-order chi connectivity index (χ0) is 19.8. The van der Waals surface area contributed by atoms with Crippen LogP contribution in [0.2, 0.25) is 0 Å². The van der Waals surface area contributed by atoms with E-state index in [-0.39, 0.29) is 34.6 Å². The highest BCUT2D eigenvalue weighted by Crippen LogP contribution is 2.36. The lowest BCUT2D eigenvalue weighted by molar-refractivity contribution is -0.131. The summed E-state index contributed by atoms with van der Waals surface area (Å²) in [6.45, 7) is 5.22. The minimum Gasteiger partial charge on any atom is -0.355 e. The van der Waals surface area contributed by atoms with E-state index >= 15 is 0 Å². The molecule has 1 atom stereocenters. The summed E-state index contributed by atoms with van der Waals surface area (Å²) >= 11 is 2.02. The van der Waals surface area contributed by atoms with Crippen LogP contribution in [-0.4, -0.2) is 60.5 Å². The van der Waals surface area contributed by atoms with Crippen molar-refractivity contribution >= 4 is 47.6 Å². The van der Waals surface area contributed by atoms with Crippen LogP contribution < -0.4 is 10.6 Å². The van der Waals surface area contributed by atoms with Gasteiger partial charge in [-0.3, -0.25) is 9.79 Å². The molecule has 0 spiro atoms. The molecule has 0 aromatic heterocycles. The molecule has 1 unspecified atom stereocenters. The molecule has 2 N–H and O–H groups in total. The van der Waals surface area contributed by atoms with E-state index in [1.165, 1.54) is 24.2 Å². The van der Waals surface area contributed by atoms with Crippen LogP contribution in [0.1, 0.15) is 38.2 Å². The molecular weight excluding hydrogens is 495 g/mol. The van der Waals surface area contributed by atoms with Crippen LogP contribution in [0.25, 0.3) is 0 Å². The van der Waals surface area contributed by atoms with Crippen molar-refractivity contribution in [3.63, 3.8) is 0 Å². The van der Waals surface area contributed by atoms with Crippen LogP contribution in [0, 0.1) is 5.92 Å². The Morgan fingerprint density at radius 3 is 2.59 bits per heavy atom. The normalized spacial score (nSPS) is 22.8. The zero-order valence-corrected chi connectivity index (χ0v) is 20.8. The highest BCUT2D eigenvalue weighted by atomic mass is 127.